The van der Waals surface area contributed by atoms with Crippen LogP contribution in [-0.2, 0) is 6.54 Å². The molecule has 0 fully saturated rings. The second kappa shape index (κ2) is 6.95. The molecular weight excluding hydrogens is 268 g/mol. The minimum Gasteiger partial charge on any atom is -0.497 e. The lowest BCUT2D eigenvalue weighted by Gasteiger charge is -2.21. The standard InChI is InChI=1S/C16H20N2O3/c1-17-14(11-18-9-5-4-6-16(18)19)13-10-12(20-2)7-8-15(13)21-3/h4-10,14,17H,11H2,1-3H3. The molecule has 5 heteroatoms. The van der Waals surface area contributed by atoms with E-state index in [0.717, 1.165) is 17.1 Å². The van der Waals surface area contributed by atoms with Gasteiger partial charge in [0.05, 0.1) is 20.3 Å². The first-order valence-electron chi connectivity index (χ1n) is 6.74. The number of hydrogen-bond acceptors (Lipinski definition) is 4. The monoisotopic (exact) mass is 288 g/mol. The number of aromatic nitrogens is 1. The Morgan fingerprint density at radius 2 is 2.00 bits per heavy atom. The molecule has 0 spiro atoms. The van der Waals surface area contributed by atoms with Crippen LogP contribution in [0.5, 0.6) is 11.5 Å². The van der Waals surface area contributed by atoms with Gasteiger partial charge in [0, 0.05) is 24.4 Å². The van der Waals surface area contributed by atoms with Gasteiger partial charge in [0.15, 0.2) is 0 Å². The first-order chi connectivity index (χ1) is 10.2. The molecule has 112 valence electrons. The van der Waals surface area contributed by atoms with Gasteiger partial charge in [-0.1, -0.05) is 6.07 Å². The maximum absolute atomic E-state index is 11.9. The van der Waals surface area contributed by atoms with E-state index in [9.17, 15) is 4.79 Å². The Bertz CT molecular complexity index is 652. The average Bonchev–Trinajstić information content (AvgIpc) is 2.53. The van der Waals surface area contributed by atoms with Gasteiger partial charge >= 0.3 is 0 Å². The minimum atomic E-state index is -0.0600. The van der Waals surface area contributed by atoms with Crippen molar-refractivity contribution in [1.29, 1.82) is 0 Å². The summed E-state index contributed by atoms with van der Waals surface area (Å²) in [5.74, 6) is 1.52. The largest absolute Gasteiger partial charge is 0.497 e. The molecule has 0 saturated heterocycles. The van der Waals surface area contributed by atoms with Gasteiger partial charge in [-0.15, -0.1) is 0 Å². The average molecular weight is 288 g/mol. The Morgan fingerprint density at radius 1 is 1.19 bits per heavy atom. The Kier molecular flexibility index (Phi) is 5.00. The zero-order valence-corrected chi connectivity index (χ0v) is 12.5. The van der Waals surface area contributed by atoms with Crippen molar-refractivity contribution in [3.05, 3.63) is 58.5 Å². The summed E-state index contributed by atoms with van der Waals surface area (Å²) in [7, 11) is 5.12. The number of nitrogens with one attached hydrogen (secondary N) is 1. The predicted molar refractivity (Wildman–Crippen MR) is 82.0 cm³/mol. The molecule has 1 aromatic carbocycles. The van der Waals surface area contributed by atoms with Crippen molar-refractivity contribution < 1.29 is 9.47 Å². The highest BCUT2D eigenvalue weighted by molar-refractivity contribution is 5.42. The van der Waals surface area contributed by atoms with Gasteiger partial charge < -0.3 is 19.4 Å². The smallest absolute Gasteiger partial charge is 0.250 e. The van der Waals surface area contributed by atoms with Crippen molar-refractivity contribution in [1.82, 2.24) is 9.88 Å². The number of ether oxygens (including phenoxy) is 2. The minimum absolute atomic E-state index is 0.0281. The van der Waals surface area contributed by atoms with Crippen molar-refractivity contribution in [2.24, 2.45) is 0 Å². The van der Waals surface area contributed by atoms with Crippen LogP contribution in [0.1, 0.15) is 11.6 Å². The van der Waals surface area contributed by atoms with E-state index in [-0.39, 0.29) is 11.6 Å². The Morgan fingerprint density at radius 3 is 2.62 bits per heavy atom. The van der Waals surface area contributed by atoms with Crippen molar-refractivity contribution in [3.63, 3.8) is 0 Å². The van der Waals surface area contributed by atoms with Crippen LogP contribution in [0.15, 0.2) is 47.4 Å². The van der Waals surface area contributed by atoms with Gasteiger partial charge in [-0.05, 0) is 31.3 Å². The maximum Gasteiger partial charge on any atom is 0.250 e. The highest BCUT2D eigenvalue weighted by Gasteiger charge is 2.16. The highest BCUT2D eigenvalue weighted by Crippen LogP contribution is 2.29. The Hall–Kier alpha value is -2.27. The molecule has 0 aliphatic carbocycles. The van der Waals surface area contributed by atoms with E-state index in [0.29, 0.717) is 6.54 Å². The van der Waals surface area contributed by atoms with Gasteiger partial charge in [0.2, 0.25) is 0 Å². The van der Waals surface area contributed by atoms with Gasteiger partial charge in [-0.25, -0.2) is 0 Å². The van der Waals surface area contributed by atoms with E-state index in [2.05, 4.69) is 5.32 Å². The molecular formula is C16H20N2O3. The summed E-state index contributed by atoms with van der Waals surface area (Å²) < 4.78 is 12.4. The van der Waals surface area contributed by atoms with Crippen LogP contribution in [0.3, 0.4) is 0 Å². The fourth-order valence-electron chi connectivity index (χ4n) is 2.27. The van der Waals surface area contributed by atoms with E-state index in [1.807, 2.05) is 31.3 Å². The van der Waals surface area contributed by atoms with E-state index in [1.165, 1.54) is 0 Å². The fourth-order valence-corrected chi connectivity index (χ4v) is 2.27. The van der Waals surface area contributed by atoms with Gasteiger partial charge in [-0.2, -0.15) is 0 Å². The SMILES string of the molecule is CNC(Cn1ccccc1=O)c1cc(OC)ccc1OC. The Labute approximate surface area is 124 Å². The van der Waals surface area contributed by atoms with E-state index in [4.69, 9.17) is 9.47 Å². The van der Waals surface area contributed by atoms with Crippen molar-refractivity contribution in [2.75, 3.05) is 21.3 Å². The molecule has 2 rings (SSSR count). The first kappa shape index (κ1) is 15.1. The van der Waals surface area contributed by atoms with Gasteiger partial charge in [-0.3, -0.25) is 4.79 Å². The second-order valence-corrected chi connectivity index (χ2v) is 4.64. The summed E-state index contributed by atoms with van der Waals surface area (Å²) in [4.78, 5) is 11.9. The van der Waals surface area contributed by atoms with E-state index in [1.54, 1.807) is 37.1 Å². The summed E-state index contributed by atoms with van der Waals surface area (Å²) in [5, 5.41) is 3.22. The topological polar surface area (TPSA) is 52.5 Å². The molecule has 0 aliphatic rings. The summed E-state index contributed by atoms with van der Waals surface area (Å²) in [6.07, 6.45) is 1.78. The van der Waals surface area contributed by atoms with Crippen LogP contribution in [0.4, 0.5) is 0 Å². The number of pyridine rings is 1. The van der Waals surface area contributed by atoms with Crippen molar-refractivity contribution in [3.8, 4) is 11.5 Å². The van der Waals surface area contributed by atoms with Crippen LogP contribution in [-0.4, -0.2) is 25.8 Å². The number of methoxy groups -OCH3 is 2. The third kappa shape index (κ3) is 3.44. The summed E-state index contributed by atoms with van der Waals surface area (Å²) in [6, 6.07) is 10.7. The fraction of sp³-hybridized carbons (Fsp3) is 0.312. The molecule has 1 atom stereocenters. The highest BCUT2D eigenvalue weighted by atomic mass is 16.5. The molecule has 0 radical (unpaired) electrons. The molecule has 1 aromatic heterocycles. The molecule has 0 amide bonds. The van der Waals surface area contributed by atoms with Crippen molar-refractivity contribution in [2.45, 2.75) is 12.6 Å². The first-order valence-corrected chi connectivity index (χ1v) is 6.74. The number of rotatable bonds is 6. The van der Waals surface area contributed by atoms with Crippen LogP contribution in [0.25, 0.3) is 0 Å². The summed E-state index contributed by atoms with van der Waals surface area (Å²) >= 11 is 0. The third-order valence-corrected chi connectivity index (χ3v) is 3.44. The number of likely N-dealkylation sites (N-methyl/N-ethyl adjacent to an activating group) is 1. The lowest BCUT2D eigenvalue weighted by Crippen LogP contribution is -2.28. The van der Waals surface area contributed by atoms with Crippen LogP contribution < -0.4 is 20.3 Å². The van der Waals surface area contributed by atoms with Crippen molar-refractivity contribution >= 4 is 0 Å². The quantitative estimate of drug-likeness (QED) is 0.881. The lowest BCUT2D eigenvalue weighted by atomic mass is 10.0. The molecule has 0 bridgehead atoms. The molecule has 1 N–H and O–H groups in total. The summed E-state index contributed by atoms with van der Waals surface area (Å²) in [6.45, 7) is 0.514. The maximum atomic E-state index is 11.9. The molecule has 2 aromatic rings. The molecule has 21 heavy (non-hydrogen) atoms. The van der Waals surface area contributed by atoms with Crippen LogP contribution in [0, 0.1) is 0 Å². The van der Waals surface area contributed by atoms with Crippen LogP contribution >= 0.6 is 0 Å². The van der Waals surface area contributed by atoms with Gasteiger partial charge in [0.25, 0.3) is 5.56 Å². The predicted octanol–water partition coefficient (Wildman–Crippen LogP) is 1.83. The number of hydrogen-bond donors (Lipinski definition) is 1. The van der Waals surface area contributed by atoms with Gasteiger partial charge in [0.1, 0.15) is 11.5 Å². The molecule has 1 heterocycles. The van der Waals surface area contributed by atoms with E-state index < -0.39 is 0 Å². The number of benzene rings is 1. The third-order valence-electron chi connectivity index (χ3n) is 3.44. The lowest BCUT2D eigenvalue weighted by molar-refractivity contribution is 0.385. The second-order valence-electron chi connectivity index (χ2n) is 4.64. The van der Waals surface area contributed by atoms with Crippen LogP contribution in [0.2, 0.25) is 0 Å². The molecule has 1 unspecified atom stereocenters. The Balaban J connectivity index is 2.37. The normalized spacial score (nSPS) is 12.0. The van der Waals surface area contributed by atoms with E-state index >= 15 is 0 Å². The molecule has 0 aliphatic heterocycles. The summed E-state index contributed by atoms with van der Waals surface area (Å²) in [5.41, 5.74) is 0.926. The zero-order valence-electron chi connectivity index (χ0n) is 12.5. The zero-order chi connectivity index (χ0) is 15.2. The number of nitrogens with zero attached hydrogens (tertiary/aromatic N) is 1. The molecule has 5 nitrogen and oxygen atoms in total. The molecule has 0 saturated carbocycles.